The van der Waals surface area contributed by atoms with E-state index in [1.54, 1.807) is 11.8 Å². The lowest BCUT2D eigenvalue weighted by Crippen LogP contribution is -2.23. The standard InChI is InChI=1S/C20H24BrN3OS/c21-15-12-10-14(11-13-15)19-22-23-20(24(19)16-6-2-1-3-7-16)26-18-9-5-4-8-17(18)25/h10-13,16,18H,1-9H2/t18-/m0/s1. The summed E-state index contributed by atoms with van der Waals surface area (Å²) in [5, 5.41) is 10.1. The third-order valence-corrected chi connectivity index (χ3v) is 7.25. The average Bonchev–Trinajstić information content (AvgIpc) is 3.08. The molecule has 2 saturated carbocycles. The topological polar surface area (TPSA) is 47.8 Å². The first-order valence-electron chi connectivity index (χ1n) is 9.62. The highest BCUT2D eigenvalue weighted by Gasteiger charge is 2.29. The van der Waals surface area contributed by atoms with Gasteiger partial charge in [-0.05, 0) is 37.8 Å². The molecule has 0 radical (unpaired) electrons. The fourth-order valence-corrected chi connectivity index (χ4v) is 5.51. The van der Waals surface area contributed by atoms with E-state index in [1.807, 2.05) is 12.1 Å². The van der Waals surface area contributed by atoms with E-state index >= 15 is 0 Å². The summed E-state index contributed by atoms with van der Waals surface area (Å²) in [7, 11) is 0. The molecule has 26 heavy (non-hydrogen) atoms. The molecule has 0 saturated heterocycles. The number of rotatable bonds is 4. The van der Waals surface area contributed by atoms with Crippen LogP contribution in [0.1, 0.15) is 63.8 Å². The molecule has 0 bridgehead atoms. The molecule has 138 valence electrons. The van der Waals surface area contributed by atoms with Gasteiger partial charge in [-0.3, -0.25) is 9.36 Å². The number of halogens is 1. The molecule has 4 rings (SSSR count). The molecule has 2 aliphatic rings. The Morgan fingerprint density at radius 1 is 0.962 bits per heavy atom. The van der Waals surface area contributed by atoms with Gasteiger partial charge in [0, 0.05) is 22.5 Å². The number of carbonyl (C=O) groups is 1. The fourth-order valence-electron chi connectivity index (χ4n) is 4.02. The van der Waals surface area contributed by atoms with Crippen molar-refractivity contribution in [3.05, 3.63) is 28.7 Å². The number of ketones is 1. The highest BCUT2D eigenvalue weighted by atomic mass is 79.9. The summed E-state index contributed by atoms with van der Waals surface area (Å²) < 4.78 is 3.39. The van der Waals surface area contributed by atoms with Gasteiger partial charge in [-0.25, -0.2) is 0 Å². The lowest BCUT2D eigenvalue weighted by molar-refractivity contribution is -0.119. The minimum absolute atomic E-state index is 0.0491. The van der Waals surface area contributed by atoms with Crippen LogP contribution in [0.15, 0.2) is 33.9 Å². The predicted molar refractivity (Wildman–Crippen MR) is 108 cm³/mol. The summed E-state index contributed by atoms with van der Waals surface area (Å²) in [6.07, 6.45) is 10.0. The van der Waals surface area contributed by atoms with Crippen molar-refractivity contribution in [1.82, 2.24) is 14.8 Å². The first-order valence-corrected chi connectivity index (χ1v) is 11.3. The van der Waals surface area contributed by atoms with Gasteiger partial charge in [0.05, 0.1) is 5.25 Å². The smallest absolute Gasteiger partial charge is 0.192 e. The number of Topliss-reactive ketones (excluding diaryl/α,β-unsaturated/α-hetero) is 1. The van der Waals surface area contributed by atoms with Crippen LogP contribution in [-0.2, 0) is 4.79 Å². The first kappa shape index (κ1) is 18.2. The minimum Gasteiger partial charge on any atom is -0.299 e. The number of thioether (sulfide) groups is 1. The summed E-state index contributed by atoms with van der Waals surface area (Å²) >= 11 is 5.15. The van der Waals surface area contributed by atoms with Crippen LogP contribution in [0.4, 0.5) is 0 Å². The maximum absolute atomic E-state index is 12.3. The zero-order chi connectivity index (χ0) is 17.9. The third kappa shape index (κ3) is 3.91. The van der Waals surface area contributed by atoms with Gasteiger partial charge in [0.2, 0.25) is 0 Å². The molecule has 1 aromatic carbocycles. The lowest BCUT2D eigenvalue weighted by Gasteiger charge is -2.27. The van der Waals surface area contributed by atoms with Gasteiger partial charge in [0.25, 0.3) is 0 Å². The lowest BCUT2D eigenvalue weighted by atomic mass is 9.95. The van der Waals surface area contributed by atoms with E-state index in [0.29, 0.717) is 11.8 Å². The van der Waals surface area contributed by atoms with Gasteiger partial charge in [-0.1, -0.05) is 65.5 Å². The van der Waals surface area contributed by atoms with Crippen molar-refractivity contribution in [1.29, 1.82) is 0 Å². The van der Waals surface area contributed by atoms with Crippen molar-refractivity contribution in [2.24, 2.45) is 0 Å². The van der Waals surface area contributed by atoms with Gasteiger partial charge < -0.3 is 0 Å². The van der Waals surface area contributed by atoms with Crippen molar-refractivity contribution in [2.75, 3.05) is 0 Å². The molecule has 0 aliphatic heterocycles. The Morgan fingerprint density at radius 3 is 2.42 bits per heavy atom. The Bertz CT molecular complexity index is 768. The Hall–Kier alpha value is -1.14. The maximum atomic E-state index is 12.3. The van der Waals surface area contributed by atoms with Crippen LogP contribution in [0.5, 0.6) is 0 Å². The molecule has 4 nitrogen and oxygen atoms in total. The van der Waals surface area contributed by atoms with Crippen molar-refractivity contribution in [3.8, 4) is 11.4 Å². The van der Waals surface area contributed by atoms with Crippen molar-refractivity contribution >= 4 is 33.5 Å². The molecule has 2 fully saturated rings. The van der Waals surface area contributed by atoms with E-state index in [0.717, 1.165) is 46.7 Å². The van der Waals surface area contributed by atoms with Crippen LogP contribution >= 0.6 is 27.7 Å². The highest BCUT2D eigenvalue weighted by Crippen LogP contribution is 2.38. The number of nitrogens with zero attached hydrogens (tertiary/aromatic N) is 3. The van der Waals surface area contributed by atoms with Crippen LogP contribution in [0, 0.1) is 0 Å². The Balaban J connectivity index is 1.68. The molecule has 0 N–H and O–H groups in total. The van der Waals surface area contributed by atoms with Gasteiger partial charge in [0.15, 0.2) is 11.0 Å². The van der Waals surface area contributed by atoms with E-state index in [1.165, 1.54) is 32.1 Å². The first-order chi connectivity index (χ1) is 12.7. The summed E-state index contributed by atoms with van der Waals surface area (Å²) in [6, 6.07) is 8.72. The van der Waals surface area contributed by atoms with Gasteiger partial charge in [-0.2, -0.15) is 0 Å². The Labute approximate surface area is 167 Å². The molecule has 0 unspecified atom stereocenters. The number of hydrogen-bond donors (Lipinski definition) is 0. The molecular weight excluding hydrogens is 410 g/mol. The van der Waals surface area contributed by atoms with E-state index in [9.17, 15) is 4.79 Å². The van der Waals surface area contributed by atoms with Crippen LogP contribution in [0.3, 0.4) is 0 Å². The summed E-state index contributed by atoms with van der Waals surface area (Å²) in [4.78, 5) is 12.3. The second-order valence-corrected chi connectivity index (χ2v) is 9.38. The molecule has 0 amide bonds. The van der Waals surface area contributed by atoms with E-state index in [2.05, 4.69) is 42.8 Å². The van der Waals surface area contributed by atoms with Gasteiger partial charge in [0.1, 0.15) is 5.78 Å². The quantitative estimate of drug-likeness (QED) is 0.609. The predicted octanol–water partition coefficient (Wildman–Crippen LogP) is 5.82. The molecule has 2 aliphatic carbocycles. The van der Waals surface area contributed by atoms with Crippen LogP contribution in [-0.4, -0.2) is 25.8 Å². The van der Waals surface area contributed by atoms with Crippen LogP contribution in [0.25, 0.3) is 11.4 Å². The number of hydrogen-bond acceptors (Lipinski definition) is 4. The molecule has 1 heterocycles. The van der Waals surface area contributed by atoms with Gasteiger partial charge in [-0.15, -0.1) is 10.2 Å². The highest BCUT2D eigenvalue weighted by molar-refractivity contribution is 9.10. The molecular formula is C20H24BrN3OS. The van der Waals surface area contributed by atoms with E-state index in [-0.39, 0.29) is 5.25 Å². The molecule has 2 aromatic rings. The number of carbonyl (C=O) groups excluding carboxylic acids is 1. The second-order valence-electron chi connectivity index (χ2n) is 7.29. The Morgan fingerprint density at radius 2 is 1.69 bits per heavy atom. The SMILES string of the molecule is O=C1CCCC[C@@H]1Sc1nnc(-c2ccc(Br)cc2)n1C1CCCCC1. The molecule has 6 heteroatoms. The van der Waals surface area contributed by atoms with Crippen molar-refractivity contribution < 1.29 is 4.79 Å². The zero-order valence-electron chi connectivity index (χ0n) is 14.9. The van der Waals surface area contributed by atoms with E-state index < -0.39 is 0 Å². The average molecular weight is 434 g/mol. The molecule has 1 atom stereocenters. The Kier molecular flexibility index (Phi) is 5.79. The van der Waals surface area contributed by atoms with Gasteiger partial charge >= 0.3 is 0 Å². The maximum Gasteiger partial charge on any atom is 0.192 e. The summed E-state index contributed by atoms with van der Waals surface area (Å²) in [6.45, 7) is 0. The summed E-state index contributed by atoms with van der Waals surface area (Å²) in [5.74, 6) is 1.32. The van der Waals surface area contributed by atoms with Crippen molar-refractivity contribution in [2.45, 2.75) is 74.2 Å². The van der Waals surface area contributed by atoms with E-state index in [4.69, 9.17) is 0 Å². The van der Waals surface area contributed by atoms with Crippen LogP contribution < -0.4 is 0 Å². The number of benzene rings is 1. The largest absolute Gasteiger partial charge is 0.299 e. The van der Waals surface area contributed by atoms with Crippen LogP contribution in [0.2, 0.25) is 0 Å². The monoisotopic (exact) mass is 433 g/mol. The third-order valence-electron chi connectivity index (χ3n) is 5.45. The second kappa shape index (κ2) is 8.26. The zero-order valence-corrected chi connectivity index (χ0v) is 17.3. The summed E-state index contributed by atoms with van der Waals surface area (Å²) in [5.41, 5.74) is 1.09. The molecule has 0 spiro atoms. The number of aromatic nitrogens is 3. The molecule has 1 aromatic heterocycles. The normalized spacial score (nSPS) is 21.9. The van der Waals surface area contributed by atoms with Crippen molar-refractivity contribution in [3.63, 3.8) is 0 Å². The fraction of sp³-hybridized carbons (Fsp3) is 0.550. The minimum atomic E-state index is 0.0491.